The number of carbonyl (C=O) groups excluding carboxylic acids is 3. The summed E-state index contributed by atoms with van der Waals surface area (Å²) in [5.41, 5.74) is -3.11. The number of aromatic nitrogens is 2. The molecule has 13 heteroatoms. The van der Waals surface area contributed by atoms with Gasteiger partial charge in [0, 0.05) is 18.5 Å². The van der Waals surface area contributed by atoms with Gasteiger partial charge in [-0.2, -0.15) is 0 Å². The molecule has 182 valence electrons. The molecule has 0 saturated carbocycles. The standard InChI is InChI=1S/C21H25N5O8/c1-21(2,3)34-20(31)23-13(9-11-7-8-22-17(11)28)15(27)10-25-19(30)12-5-4-6-14(26(32)33)16(12)18(29)24-25/h4-6,11,13H,7-10H2,1-3H3,(H,22,28)(H,23,31)(H,24,29)/t11-,13-/m0/s1. The molecule has 2 heterocycles. The minimum Gasteiger partial charge on any atom is -0.444 e. The number of H-pyrrole nitrogens is 1. The number of nitro benzene ring substituents is 1. The Balaban J connectivity index is 1.92. The molecule has 1 aliphatic heterocycles. The number of Topliss-reactive ketones (excluding diaryl/α,β-unsaturated/α-hetero) is 1. The highest BCUT2D eigenvalue weighted by molar-refractivity contribution is 5.91. The zero-order chi connectivity index (χ0) is 25.2. The summed E-state index contributed by atoms with van der Waals surface area (Å²) in [6, 6.07) is 2.43. The fourth-order valence-electron chi connectivity index (χ4n) is 3.74. The molecule has 0 radical (unpaired) electrons. The second-order valence-electron chi connectivity index (χ2n) is 8.97. The van der Waals surface area contributed by atoms with E-state index < -0.39 is 63.1 Å². The number of benzene rings is 1. The highest BCUT2D eigenvalue weighted by Crippen LogP contribution is 2.20. The predicted molar refractivity (Wildman–Crippen MR) is 119 cm³/mol. The van der Waals surface area contributed by atoms with Gasteiger partial charge in [0.25, 0.3) is 16.8 Å². The van der Waals surface area contributed by atoms with Crippen LogP contribution in [0.5, 0.6) is 0 Å². The van der Waals surface area contributed by atoms with E-state index in [1.807, 2.05) is 0 Å². The normalized spacial score (nSPS) is 16.7. The van der Waals surface area contributed by atoms with Crippen LogP contribution in [-0.4, -0.2) is 50.7 Å². The number of alkyl carbamates (subject to hydrolysis) is 1. The largest absolute Gasteiger partial charge is 0.444 e. The van der Waals surface area contributed by atoms with Gasteiger partial charge in [0.05, 0.1) is 16.4 Å². The van der Waals surface area contributed by atoms with Crippen LogP contribution in [0.3, 0.4) is 0 Å². The molecule has 0 spiro atoms. The molecule has 0 bridgehead atoms. The summed E-state index contributed by atoms with van der Waals surface area (Å²) in [4.78, 5) is 73.2. The molecule has 1 aromatic carbocycles. The number of nitrogens with one attached hydrogen (secondary N) is 3. The Hall–Kier alpha value is -4.03. The van der Waals surface area contributed by atoms with Gasteiger partial charge in [0.1, 0.15) is 17.5 Å². The number of hydrogen-bond acceptors (Lipinski definition) is 8. The zero-order valence-electron chi connectivity index (χ0n) is 18.9. The van der Waals surface area contributed by atoms with Crippen LogP contribution in [-0.2, 0) is 20.9 Å². The second kappa shape index (κ2) is 9.45. The van der Waals surface area contributed by atoms with Crippen LogP contribution >= 0.6 is 0 Å². The van der Waals surface area contributed by atoms with E-state index in [9.17, 15) is 34.1 Å². The topological polar surface area (TPSA) is 182 Å². The van der Waals surface area contributed by atoms with Gasteiger partial charge in [-0.25, -0.2) is 9.48 Å². The summed E-state index contributed by atoms with van der Waals surface area (Å²) in [6.45, 7) is 4.74. The highest BCUT2D eigenvalue weighted by Gasteiger charge is 2.33. The van der Waals surface area contributed by atoms with Crippen molar-refractivity contribution in [3.8, 4) is 0 Å². The van der Waals surface area contributed by atoms with Crippen LogP contribution in [0.2, 0.25) is 0 Å². The third-order valence-corrected chi connectivity index (χ3v) is 5.25. The maximum atomic E-state index is 13.1. The van der Waals surface area contributed by atoms with Crippen LogP contribution in [0.1, 0.15) is 33.6 Å². The van der Waals surface area contributed by atoms with Gasteiger partial charge in [0.15, 0.2) is 5.78 Å². The van der Waals surface area contributed by atoms with Crippen molar-refractivity contribution in [3.05, 3.63) is 49.0 Å². The highest BCUT2D eigenvalue weighted by atomic mass is 16.6. The summed E-state index contributed by atoms with van der Waals surface area (Å²) in [6.07, 6.45) is -0.434. The molecule has 2 atom stereocenters. The molecule has 1 saturated heterocycles. The SMILES string of the molecule is CC(C)(C)OC(=O)N[C@@H](C[C@@H]1CCNC1=O)C(=O)Cn1[nH]c(=O)c2c([N+](=O)[O-])cccc2c1=O. The number of ketones is 1. The van der Waals surface area contributed by atoms with E-state index >= 15 is 0 Å². The van der Waals surface area contributed by atoms with Crippen molar-refractivity contribution in [2.45, 2.75) is 51.8 Å². The summed E-state index contributed by atoms with van der Waals surface area (Å²) >= 11 is 0. The van der Waals surface area contributed by atoms with Crippen molar-refractivity contribution >= 4 is 34.2 Å². The Morgan fingerprint density at radius 2 is 2.00 bits per heavy atom. The molecule has 1 aliphatic rings. The maximum Gasteiger partial charge on any atom is 0.408 e. The fourth-order valence-corrected chi connectivity index (χ4v) is 3.74. The van der Waals surface area contributed by atoms with Crippen LogP contribution in [0.15, 0.2) is 27.8 Å². The number of hydrogen-bond donors (Lipinski definition) is 3. The van der Waals surface area contributed by atoms with E-state index in [1.54, 1.807) is 20.8 Å². The van der Waals surface area contributed by atoms with Crippen LogP contribution < -0.4 is 21.8 Å². The molecule has 0 unspecified atom stereocenters. The number of carbonyl (C=O) groups is 3. The van der Waals surface area contributed by atoms with E-state index in [2.05, 4.69) is 15.7 Å². The van der Waals surface area contributed by atoms with Gasteiger partial charge in [0.2, 0.25) is 5.91 Å². The number of ether oxygens (including phenoxy) is 1. The average molecular weight is 475 g/mol. The van der Waals surface area contributed by atoms with Gasteiger partial charge >= 0.3 is 6.09 Å². The van der Waals surface area contributed by atoms with Gasteiger partial charge in [-0.05, 0) is 39.7 Å². The van der Waals surface area contributed by atoms with Crippen LogP contribution in [0.4, 0.5) is 10.5 Å². The van der Waals surface area contributed by atoms with E-state index in [0.29, 0.717) is 13.0 Å². The van der Waals surface area contributed by atoms with Gasteiger partial charge in [-0.15, -0.1) is 0 Å². The minimum atomic E-state index is -1.18. The molecular weight excluding hydrogens is 450 g/mol. The average Bonchev–Trinajstić information content (AvgIpc) is 3.13. The van der Waals surface area contributed by atoms with Crippen LogP contribution in [0, 0.1) is 16.0 Å². The number of fused-ring (bicyclic) bond motifs is 1. The molecule has 1 aromatic heterocycles. The Kier molecular flexibility index (Phi) is 6.84. The number of nitrogens with zero attached hydrogens (tertiary/aromatic N) is 2. The number of aromatic amines is 1. The quantitative estimate of drug-likeness (QED) is 0.384. The molecule has 2 aromatic rings. The van der Waals surface area contributed by atoms with E-state index in [0.717, 1.165) is 10.7 Å². The van der Waals surface area contributed by atoms with E-state index in [1.165, 1.54) is 12.1 Å². The molecule has 2 amide bonds. The Labute approximate surface area is 192 Å². The summed E-state index contributed by atoms with van der Waals surface area (Å²) in [5, 5.41) is 17.9. The molecular formula is C21H25N5O8. The van der Waals surface area contributed by atoms with Crippen molar-refractivity contribution < 1.29 is 24.0 Å². The van der Waals surface area contributed by atoms with Crippen molar-refractivity contribution in [2.24, 2.45) is 5.92 Å². The monoisotopic (exact) mass is 475 g/mol. The first-order chi connectivity index (χ1) is 15.9. The first kappa shape index (κ1) is 24.6. The number of rotatable bonds is 7. The van der Waals surface area contributed by atoms with Gasteiger partial charge in [-0.1, -0.05) is 6.07 Å². The molecule has 13 nitrogen and oxygen atoms in total. The number of amides is 2. The molecule has 1 fully saturated rings. The maximum absolute atomic E-state index is 13.1. The van der Waals surface area contributed by atoms with Crippen molar-refractivity contribution in [1.29, 1.82) is 0 Å². The van der Waals surface area contributed by atoms with Crippen molar-refractivity contribution in [2.75, 3.05) is 6.54 Å². The summed E-state index contributed by atoms with van der Waals surface area (Å²) in [7, 11) is 0. The fraction of sp³-hybridized carbons (Fsp3) is 0.476. The van der Waals surface area contributed by atoms with Crippen LogP contribution in [0.25, 0.3) is 10.8 Å². The third-order valence-electron chi connectivity index (χ3n) is 5.25. The first-order valence-corrected chi connectivity index (χ1v) is 10.6. The zero-order valence-corrected chi connectivity index (χ0v) is 18.9. The molecule has 34 heavy (non-hydrogen) atoms. The molecule has 0 aliphatic carbocycles. The second-order valence-corrected chi connectivity index (χ2v) is 8.97. The summed E-state index contributed by atoms with van der Waals surface area (Å²) in [5.74, 6) is -1.45. The lowest BCUT2D eigenvalue weighted by atomic mass is 9.96. The predicted octanol–water partition coefficient (Wildman–Crippen LogP) is 0.587. The van der Waals surface area contributed by atoms with E-state index in [4.69, 9.17) is 4.74 Å². The Morgan fingerprint density at radius 3 is 2.59 bits per heavy atom. The summed E-state index contributed by atoms with van der Waals surface area (Å²) < 4.78 is 5.93. The van der Waals surface area contributed by atoms with Gasteiger partial charge in [-0.3, -0.25) is 34.4 Å². The van der Waals surface area contributed by atoms with E-state index in [-0.39, 0.29) is 17.7 Å². The molecule has 3 rings (SSSR count). The number of nitro groups is 1. The lowest BCUT2D eigenvalue weighted by Crippen LogP contribution is -2.47. The smallest absolute Gasteiger partial charge is 0.408 e. The lowest BCUT2D eigenvalue weighted by Gasteiger charge is -2.24. The Bertz CT molecular complexity index is 1270. The minimum absolute atomic E-state index is 0.0258. The number of non-ortho nitro benzene ring substituents is 1. The molecule has 3 N–H and O–H groups in total. The van der Waals surface area contributed by atoms with Crippen molar-refractivity contribution in [3.63, 3.8) is 0 Å². The Morgan fingerprint density at radius 1 is 1.29 bits per heavy atom. The third kappa shape index (κ3) is 5.47. The first-order valence-electron chi connectivity index (χ1n) is 10.6. The lowest BCUT2D eigenvalue weighted by molar-refractivity contribution is -0.383. The van der Waals surface area contributed by atoms with Gasteiger partial charge < -0.3 is 15.4 Å². The van der Waals surface area contributed by atoms with Crippen molar-refractivity contribution in [1.82, 2.24) is 20.4 Å².